The molecule has 0 aliphatic heterocycles. The molecule has 7 nitrogen and oxygen atoms in total. The van der Waals surface area contributed by atoms with Crippen LogP contribution in [0.2, 0.25) is 0 Å². The molecule has 0 aliphatic rings. The number of rotatable bonds is 4. The summed E-state index contributed by atoms with van der Waals surface area (Å²) in [4.78, 5) is 0. The first kappa shape index (κ1) is 12.0. The number of hydrogen-bond donors (Lipinski definition) is 1. The lowest BCUT2D eigenvalue weighted by Crippen LogP contribution is -2.13. The van der Waals surface area contributed by atoms with E-state index in [9.17, 15) is 8.42 Å². The van der Waals surface area contributed by atoms with Gasteiger partial charge in [0.1, 0.15) is 11.0 Å². The lowest BCUT2D eigenvalue weighted by molar-refractivity contribution is 0.606. The predicted molar refractivity (Wildman–Crippen MR) is 65.5 cm³/mol. The zero-order chi connectivity index (χ0) is 12.3. The van der Waals surface area contributed by atoms with Crippen LogP contribution in [0.15, 0.2) is 30.6 Å². The minimum absolute atomic E-state index is 0.158. The van der Waals surface area contributed by atoms with E-state index in [-0.39, 0.29) is 4.66 Å². The Kier molecular flexibility index (Phi) is 3.38. The third kappa shape index (κ3) is 3.01. The summed E-state index contributed by atoms with van der Waals surface area (Å²) < 4.78 is 26.4. The molecule has 0 saturated heterocycles. The summed E-state index contributed by atoms with van der Waals surface area (Å²) in [5, 5.41) is 10.7. The summed E-state index contributed by atoms with van der Waals surface area (Å²) in [6, 6.07) is 6.76. The van der Waals surface area contributed by atoms with Gasteiger partial charge < -0.3 is 0 Å². The van der Waals surface area contributed by atoms with Crippen molar-refractivity contribution in [1.82, 2.24) is 20.2 Å². The van der Waals surface area contributed by atoms with Crippen molar-refractivity contribution in [3.05, 3.63) is 30.6 Å². The Morgan fingerprint density at radius 2 is 2.24 bits per heavy atom. The van der Waals surface area contributed by atoms with Crippen LogP contribution in [-0.2, 0) is 10.0 Å². The second kappa shape index (κ2) is 4.80. The first-order valence-corrected chi connectivity index (χ1v) is 7.28. The highest BCUT2D eigenvalue weighted by atomic mass is 79.9. The van der Waals surface area contributed by atoms with E-state index in [0.717, 1.165) is 0 Å². The molecule has 0 spiro atoms. The average Bonchev–Trinajstić information content (AvgIpc) is 2.82. The van der Waals surface area contributed by atoms with Gasteiger partial charge in [0.25, 0.3) is 0 Å². The smallest absolute Gasteiger partial charge is 0.242 e. The number of aromatic nitrogens is 4. The van der Waals surface area contributed by atoms with Crippen molar-refractivity contribution >= 4 is 31.6 Å². The number of nitrogens with one attached hydrogen (secondary N) is 1. The Morgan fingerprint density at radius 3 is 2.88 bits per heavy atom. The molecule has 0 atom stereocenters. The normalized spacial score (nSPS) is 11.4. The lowest BCUT2D eigenvalue weighted by Gasteiger charge is -2.06. The summed E-state index contributed by atoms with van der Waals surface area (Å²) in [5.41, 5.74) is 1.13. The molecule has 0 unspecified atom stereocenters. The zero-order valence-electron chi connectivity index (χ0n) is 8.49. The van der Waals surface area contributed by atoms with Gasteiger partial charge in [-0.3, -0.25) is 4.72 Å². The fourth-order valence-electron chi connectivity index (χ4n) is 1.20. The van der Waals surface area contributed by atoms with Gasteiger partial charge in [-0.2, -0.15) is 0 Å². The molecule has 0 amide bonds. The third-order valence-electron chi connectivity index (χ3n) is 1.88. The number of nitrogens with zero attached hydrogens (tertiary/aromatic N) is 4. The molecule has 0 fully saturated rings. The monoisotopic (exact) mass is 317 g/mol. The Balaban J connectivity index is 2.30. The highest BCUT2D eigenvalue weighted by Crippen LogP contribution is 2.15. The molecule has 0 saturated carbocycles. The van der Waals surface area contributed by atoms with Crippen LogP contribution in [0.25, 0.3) is 5.69 Å². The molecule has 17 heavy (non-hydrogen) atoms. The number of benzene rings is 1. The van der Waals surface area contributed by atoms with Gasteiger partial charge in [-0.05, 0) is 28.6 Å². The van der Waals surface area contributed by atoms with Gasteiger partial charge in [0.15, 0.2) is 0 Å². The van der Waals surface area contributed by atoms with E-state index in [0.29, 0.717) is 11.4 Å². The van der Waals surface area contributed by atoms with Crippen molar-refractivity contribution in [2.24, 2.45) is 0 Å². The van der Waals surface area contributed by atoms with Crippen LogP contribution in [0.4, 0.5) is 5.69 Å². The molecule has 0 aliphatic carbocycles. The van der Waals surface area contributed by atoms with E-state index in [1.807, 2.05) is 0 Å². The van der Waals surface area contributed by atoms with Crippen LogP contribution < -0.4 is 4.72 Å². The molecule has 1 aromatic carbocycles. The zero-order valence-corrected chi connectivity index (χ0v) is 10.9. The van der Waals surface area contributed by atoms with Gasteiger partial charge in [-0.15, -0.1) is 5.10 Å². The molecule has 0 bridgehead atoms. The van der Waals surface area contributed by atoms with Gasteiger partial charge in [0.05, 0.1) is 11.4 Å². The maximum atomic E-state index is 11.4. The van der Waals surface area contributed by atoms with Gasteiger partial charge in [-0.1, -0.05) is 22.0 Å². The third-order valence-corrected chi connectivity index (χ3v) is 4.52. The topological polar surface area (TPSA) is 89.8 Å². The second-order valence-corrected chi connectivity index (χ2v) is 6.16. The van der Waals surface area contributed by atoms with Crippen LogP contribution in [0.5, 0.6) is 0 Å². The van der Waals surface area contributed by atoms with Crippen LogP contribution in [0, 0.1) is 0 Å². The van der Waals surface area contributed by atoms with Crippen LogP contribution >= 0.6 is 15.9 Å². The number of alkyl halides is 1. The van der Waals surface area contributed by atoms with Gasteiger partial charge in [-0.25, -0.2) is 13.1 Å². The number of hydrogen-bond acceptors (Lipinski definition) is 5. The predicted octanol–water partition coefficient (Wildman–Crippen LogP) is 0.756. The van der Waals surface area contributed by atoms with Gasteiger partial charge in [0.2, 0.25) is 10.0 Å². The first-order chi connectivity index (χ1) is 8.11. The molecule has 1 heterocycles. The highest BCUT2D eigenvalue weighted by Gasteiger charge is 2.08. The van der Waals surface area contributed by atoms with E-state index in [1.54, 1.807) is 24.3 Å². The van der Waals surface area contributed by atoms with Crippen molar-refractivity contribution < 1.29 is 8.42 Å². The van der Waals surface area contributed by atoms with Gasteiger partial charge in [0, 0.05) is 0 Å². The summed E-state index contributed by atoms with van der Waals surface area (Å²) >= 11 is 2.90. The molecule has 9 heteroatoms. The highest BCUT2D eigenvalue weighted by molar-refractivity contribution is 9.10. The lowest BCUT2D eigenvalue weighted by atomic mass is 10.3. The van der Waals surface area contributed by atoms with E-state index in [4.69, 9.17) is 0 Å². The average molecular weight is 318 g/mol. The molecule has 90 valence electrons. The fraction of sp³-hybridized carbons (Fsp3) is 0.125. The van der Waals surface area contributed by atoms with E-state index in [2.05, 4.69) is 36.2 Å². The quantitative estimate of drug-likeness (QED) is 0.841. The summed E-state index contributed by atoms with van der Waals surface area (Å²) in [7, 11) is -3.35. The molecular weight excluding hydrogens is 310 g/mol. The Labute approximate surface area is 106 Å². The van der Waals surface area contributed by atoms with Crippen molar-refractivity contribution in [1.29, 1.82) is 0 Å². The molecule has 2 aromatic rings. The number of tetrazole rings is 1. The summed E-state index contributed by atoms with van der Waals surface area (Å²) in [6.07, 6.45) is 1.43. The molecule has 0 radical (unpaired) electrons. The minimum Gasteiger partial charge on any atom is -0.283 e. The van der Waals surface area contributed by atoms with Crippen LogP contribution in [0.1, 0.15) is 0 Å². The standard InChI is InChI=1S/C8H8BrN5O2S/c9-5-17(15,16)11-7-2-1-3-8(4-7)14-6-10-12-13-14/h1-4,6,11H,5H2. The second-order valence-electron chi connectivity index (χ2n) is 3.13. The van der Waals surface area contributed by atoms with Crippen molar-refractivity contribution in [3.8, 4) is 5.69 Å². The summed E-state index contributed by atoms with van der Waals surface area (Å²) in [6.45, 7) is 0. The SMILES string of the molecule is O=S(=O)(CBr)Nc1cccc(-n2cnnn2)c1. The van der Waals surface area contributed by atoms with E-state index in [1.165, 1.54) is 11.0 Å². The van der Waals surface area contributed by atoms with E-state index < -0.39 is 10.0 Å². The number of anilines is 1. The first-order valence-electron chi connectivity index (χ1n) is 4.50. The Bertz CT molecular complexity index is 598. The van der Waals surface area contributed by atoms with Crippen LogP contribution in [0.3, 0.4) is 0 Å². The van der Waals surface area contributed by atoms with E-state index >= 15 is 0 Å². The molecular formula is C8H8BrN5O2S. The molecule has 1 N–H and O–H groups in total. The van der Waals surface area contributed by atoms with Crippen LogP contribution in [-0.4, -0.2) is 33.3 Å². The van der Waals surface area contributed by atoms with Gasteiger partial charge >= 0.3 is 0 Å². The van der Waals surface area contributed by atoms with Crippen molar-refractivity contribution in [3.63, 3.8) is 0 Å². The fourth-order valence-corrected chi connectivity index (χ4v) is 2.08. The Morgan fingerprint density at radius 1 is 1.41 bits per heavy atom. The number of sulfonamides is 1. The molecule has 2 rings (SSSR count). The van der Waals surface area contributed by atoms with Crippen molar-refractivity contribution in [2.45, 2.75) is 0 Å². The molecule has 1 aromatic heterocycles. The Hall–Kier alpha value is -1.48. The maximum Gasteiger partial charge on any atom is 0.242 e. The largest absolute Gasteiger partial charge is 0.283 e. The van der Waals surface area contributed by atoms with Crippen molar-refractivity contribution in [2.75, 3.05) is 9.38 Å². The summed E-state index contributed by atoms with van der Waals surface area (Å²) in [5.74, 6) is 0. The number of halogens is 1. The minimum atomic E-state index is -3.35. The maximum absolute atomic E-state index is 11.4.